The van der Waals surface area contributed by atoms with E-state index in [0.29, 0.717) is 5.02 Å². The van der Waals surface area contributed by atoms with Crippen LogP contribution in [0.2, 0.25) is 5.02 Å². The van der Waals surface area contributed by atoms with Gasteiger partial charge in [-0.1, -0.05) is 11.6 Å². The zero-order valence-electron chi connectivity index (χ0n) is 19.2. The van der Waals surface area contributed by atoms with E-state index in [4.69, 9.17) is 25.6 Å². The summed E-state index contributed by atoms with van der Waals surface area (Å²) in [7, 11) is 0. The summed E-state index contributed by atoms with van der Waals surface area (Å²) in [6.07, 6.45) is 1.50. The molecule has 2 rings (SSSR count). The number of carbonyl (C=O) groups is 3. The largest absolute Gasteiger partial charge is 0.349 e. The molecule has 0 aliphatic heterocycles. The Morgan fingerprint density at radius 1 is 1.32 bits per heavy atom. The van der Waals surface area contributed by atoms with Gasteiger partial charge in [-0.2, -0.15) is 0 Å². The van der Waals surface area contributed by atoms with Crippen LogP contribution < -0.4 is 16.4 Å². The molecule has 1 aromatic rings. The van der Waals surface area contributed by atoms with Crippen LogP contribution >= 0.6 is 11.6 Å². The van der Waals surface area contributed by atoms with E-state index in [1.807, 2.05) is 0 Å². The number of amides is 3. The summed E-state index contributed by atoms with van der Waals surface area (Å²) in [4.78, 5) is 40.5. The lowest BCUT2D eigenvalue weighted by Crippen LogP contribution is -2.54. The number of halogens is 1. The highest BCUT2D eigenvalue weighted by atomic mass is 35.5. The number of aromatic nitrogens is 1. The second kappa shape index (κ2) is 8.26. The molecule has 1 fully saturated rings. The van der Waals surface area contributed by atoms with Gasteiger partial charge in [-0.25, -0.2) is 4.98 Å². The molecule has 3 atom stereocenters. The van der Waals surface area contributed by atoms with Gasteiger partial charge in [0.15, 0.2) is 0 Å². The number of hydrogen-bond donors (Lipinski definition) is 3. The van der Waals surface area contributed by atoms with E-state index in [2.05, 4.69) is 15.6 Å². The predicted octanol–water partition coefficient (Wildman–Crippen LogP) is 0.374. The summed E-state index contributed by atoms with van der Waals surface area (Å²) in [6, 6.07) is 1.45. The Morgan fingerprint density at radius 3 is 2.68 bits per heavy atom. The van der Waals surface area contributed by atoms with Gasteiger partial charge in [0.05, 0.1) is 5.02 Å². The summed E-state index contributed by atoms with van der Waals surface area (Å²) >= 11 is 5.70. The number of anilines is 1. The maximum Gasteiger partial charge on any atom is 0.314 e. The van der Waals surface area contributed by atoms with Crippen molar-refractivity contribution in [3.8, 4) is 0 Å². The van der Waals surface area contributed by atoms with Crippen LogP contribution in [0.5, 0.6) is 0 Å². The Balaban J connectivity index is 1.96. The van der Waals surface area contributed by atoms with Gasteiger partial charge < -0.3 is 21.3 Å². The van der Waals surface area contributed by atoms with Crippen LogP contribution in [0.4, 0.5) is 5.82 Å². The van der Waals surface area contributed by atoms with Gasteiger partial charge in [-0.3, -0.25) is 14.4 Å². The molecule has 3 amide bonds. The topological polar surface area (TPSA) is 117 Å². The van der Waals surface area contributed by atoms with Crippen molar-refractivity contribution in [3.63, 3.8) is 0 Å². The lowest BCUT2D eigenvalue weighted by Gasteiger charge is -2.34. The van der Waals surface area contributed by atoms with Crippen molar-refractivity contribution in [3.05, 3.63) is 23.4 Å². The molecule has 1 heterocycles. The van der Waals surface area contributed by atoms with Crippen LogP contribution in [-0.2, 0) is 14.4 Å². The summed E-state index contributed by atoms with van der Waals surface area (Å²) in [5.41, 5.74) is 6.02. The number of nitrogens with two attached hydrogens (primary N) is 1. The van der Waals surface area contributed by atoms with Crippen molar-refractivity contribution in [2.45, 2.75) is 31.3 Å². The quantitative estimate of drug-likeness (QED) is 0.662. The second-order valence-corrected chi connectivity index (χ2v) is 6.18. The van der Waals surface area contributed by atoms with Crippen LogP contribution in [-0.4, -0.2) is 53.6 Å². The molecule has 0 bridgehead atoms. The van der Waals surface area contributed by atoms with Crippen molar-refractivity contribution >= 4 is 35.1 Å². The standard InChI is InChI=1S/C16H22ClN5O3/c1-22(2)16(25)9-3-5-12(11(18)7-9)20-14(23)15(24)21-13-6-4-10(17)8-19-13/h4,6,8-9,11-12H,3,5,7,18H2,1-2H3,(H,20,23)(H,19,21,24)/t9-,11+,12-/m0/s1/i1D3,2D3. The fourth-order valence-electron chi connectivity index (χ4n) is 2.65. The maximum atomic E-state index is 12.6. The number of pyridine rings is 1. The molecule has 0 spiro atoms. The van der Waals surface area contributed by atoms with Crippen LogP contribution in [0.3, 0.4) is 0 Å². The minimum Gasteiger partial charge on any atom is -0.349 e. The molecule has 0 saturated heterocycles. The highest BCUT2D eigenvalue weighted by molar-refractivity contribution is 6.39. The fourth-order valence-corrected chi connectivity index (χ4v) is 2.76. The first-order valence-corrected chi connectivity index (χ1v) is 7.91. The Hall–Kier alpha value is -2.19. The van der Waals surface area contributed by atoms with Crippen molar-refractivity contribution in [2.24, 2.45) is 11.7 Å². The molecule has 1 aliphatic rings. The second-order valence-electron chi connectivity index (χ2n) is 5.74. The molecule has 9 heteroatoms. The minimum atomic E-state index is -3.13. The third kappa shape index (κ3) is 5.14. The lowest BCUT2D eigenvalue weighted by molar-refractivity contribution is -0.137. The summed E-state index contributed by atoms with van der Waals surface area (Å²) in [5.74, 6) is -3.80. The highest BCUT2D eigenvalue weighted by Gasteiger charge is 2.34. The molecule has 136 valence electrons. The van der Waals surface area contributed by atoms with Crippen molar-refractivity contribution < 1.29 is 22.6 Å². The van der Waals surface area contributed by atoms with E-state index >= 15 is 0 Å². The molecule has 0 unspecified atom stereocenters. The first-order valence-electron chi connectivity index (χ1n) is 10.5. The summed E-state index contributed by atoms with van der Waals surface area (Å²) < 4.78 is 44.2. The highest BCUT2D eigenvalue weighted by Crippen LogP contribution is 2.25. The smallest absolute Gasteiger partial charge is 0.314 e. The zero-order valence-corrected chi connectivity index (χ0v) is 13.9. The van der Waals surface area contributed by atoms with E-state index < -0.39 is 49.7 Å². The van der Waals surface area contributed by atoms with Gasteiger partial charge in [-0.05, 0) is 31.4 Å². The fraction of sp³-hybridized carbons (Fsp3) is 0.500. The Bertz CT molecular complexity index is 819. The van der Waals surface area contributed by atoms with E-state index in [9.17, 15) is 14.4 Å². The lowest BCUT2D eigenvalue weighted by atomic mass is 9.82. The van der Waals surface area contributed by atoms with Gasteiger partial charge in [0.2, 0.25) is 5.91 Å². The van der Waals surface area contributed by atoms with Crippen LogP contribution in [0.1, 0.15) is 27.5 Å². The molecule has 0 aromatic carbocycles. The van der Waals surface area contributed by atoms with Gasteiger partial charge in [-0.15, -0.1) is 0 Å². The first-order chi connectivity index (χ1) is 14.2. The number of nitrogens with one attached hydrogen (secondary N) is 2. The third-order valence-electron chi connectivity index (χ3n) is 3.96. The zero-order chi connectivity index (χ0) is 23.6. The number of hydrogen-bond acceptors (Lipinski definition) is 5. The molecule has 4 N–H and O–H groups in total. The van der Waals surface area contributed by atoms with Crippen molar-refractivity contribution in [1.29, 1.82) is 0 Å². The maximum absolute atomic E-state index is 12.6. The molecule has 1 aliphatic carbocycles. The van der Waals surface area contributed by atoms with Crippen LogP contribution in [0, 0.1) is 5.92 Å². The van der Waals surface area contributed by atoms with E-state index in [-0.39, 0.29) is 30.0 Å². The first kappa shape index (κ1) is 12.2. The Labute approximate surface area is 159 Å². The third-order valence-corrected chi connectivity index (χ3v) is 4.18. The normalized spacial score (nSPS) is 27.4. The summed E-state index contributed by atoms with van der Waals surface area (Å²) in [6.45, 7) is -6.27. The SMILES string of the molecule is [2H]C([2H])([2H])N(C(=O)[C@H]1CC[C@H](NC(=O)C(=O)Nc2ccc(Cl)cn2)[C@H](N)C1)C([2H])([2H])[2H]. The molecule has 25 heavy (non-hydrogen) atoms. The van der Waals surface area contributed by atoms with E-state index in [1.165, 1.54) is 18.3 Å². The van der Waals surface area contributed by atoms with Gasteiger partial charge >= 0.3 is 11.8 Å². The van der Waals surface area contributed by atoms with E-state index in [1.54, 1.807) is 0 Å². The molecular formula is C16H22ClN5O3. The Morgan fingerprint density at radius 2 is 2.08 bits per heavy atom. The van der Waals surface area contributed by atoms with Crippen molar-refractivity contribution in [2.75, 3.05) is 19.3 Å². The Kier molecular flexibility index (Phi) is 4.04. The number of nitrogens with zero attached hydrogens (tertiary/aromatic N) is 2. The monoisotopic (exact) mass is 373 g/mol. The number of rotatable bonds is 3. The van der Waals surface area contributed by atoms with Crippen LogP contribution in [0.15, 0.2) is 18.3 Å². The minimum absolute atomic E-state index is 0.0488. The van der Waals surface area contributed by atoms with Gasteiger partial charge in [0.25, 0.3) is 0 Å². The number of carbonyl (C=O) groups excluding carboxylic acids is 3. The predicted molar refractivity (Wildman–Crippen MR) is 93.8 cm³/mol. The molecule has 8 nitrogen and oxygen atoms in total. The molecular weight excluding hydrogens is 346 g/mol. The average molecular weight is 374 g/mol. The molecule has 1 aromatic heterocycles. The van der Waals surface area contributed by atoms with Gasteiger partial charge in [0.1, 0.15) is 5.82 Å². The molecule has 0 radical (unpaired) electrons. The average Bonchev–Trinajstić information content (AvgIpc) is 2.62. The van der Waals surface area contributed by atoms with Gasteiger partial charge in [0, 0.05) is 46.4 Å². The molecule has 1 saturated carbocycles. The summed E-state index contributed by atoms with van der Waals surface area (Å²) in [5, 5.41) is 5.13. The van der Waals surface area contributed by atoms with E-state index in [0.717, 1.165) is 0 Å². The van der Waals surface area contributed by atoms with Crippen LogP contribution in [0.25, 0.3) is 0 Å². The van der Waals surface area contributed by atoms with Crippen molar-refractivity contribution in [1.82, 2.24) is 15.2 Å².